The Labute approximate surface area is 174 Å². The van der Waals surface area contributed by atoms with Crippen LogP contribution in [0.4, 0.5) is 5.69 Å². The number of fused-ring (bicyclic) bond motifs is 1. The number of ether oxygens (including phenoxy) is 2. The van der Waals surface area contributed by atoms with E-state index in [-0.39, 0.29) is 0 Å². The zero-order valence-electron chi connectivity index (χ0n) is 18.7. The number of benzene rings is 3. The van der Waals surface area contributed by atoms with Gasteiger partial charge in [0.25, 0.3) is 0 Å². The minimum atomic E-state index is 0.641. The van der Waals surface area contributed by atoms with Crippen LogP contribution in [0.1, 0.15) is 35.4 Å². The van der Waals surface area contributed by atoms with Crippen LogP contribution < -0.4 is 14.0 Å². The highest BCUT2D eigenvalue weighted by molar-refractivity contribution is 6.04. The van der Waals surface area contributed by atoms with Crippen LogP contribution in [-0.4, -0.2) is 35.4 Å². The first-order chi connectivity index (χ1) is 13.7. The number of quaternary nitrogens is 1. The van der Waals surface area contributed by atoms with Gasteiger partial charge < -0.3 is 9.47 Å². The Kier molecular flexibility index (Phi) is 4.82. The smallest absolute Gasteiger partial charge is 0.161 e. The van der Waals surface area contributed by atoms with E-state index in [2.05, 4.69) is 71.4 Å². The molecule has 1 aliphatic rings. The van der Waals surface area contributed by atoms with Crippen molar-refractivity contribution in [1.29, 1.82) is 0 Å². The lowest BCUT2D eigenvalue weighted by Gasteiger charge is -2.29. The van der Waals surface area contributed by atoms with Crippen LogP contribution in [0.25, 0.3) is 21.9 Å². The molecule has 0 amide bonds. The van der Waals surface area contributed by atoms with Crippen LogP contribution in [0.5, 0.6) is 11.5 Å². The van der Waals surface area contributed by atoms with E-state index in [1.165, 1.54) is 57.1 Å². The third-order valence-electron chi connectivity index (χ3n) is 6.15. The van der Waals surface area contributed by atoms with E-state index in [0.717, 1.165) is 16.0 Å². The quantitative estimate of drug-likeness (QED) is 0.482. The molecule has 3 heteroatoms. The fourth-order valence-electron chi connectivity index (χ4n) is 4.34. The van der Waals surface area contributed by atoms with Crippen LogP contribution in [0.15, 0.2) is 36.4 Å². The van der Waals surface area contributed by atoms with Gasteiger partial charge in [-0.25, -0.2) is 0 Å². The number of methoxy groups -OCH3 is 2. The maximum atomic E-state index is 5.68. The zero-order chi connectivity index (χ0) is 20.9. The van der Waals surface area contributed by atoms with Gasteiger partial charge in [-0.05, 0) is 78.4 Å². The molecule has 0 N–H and O–H groups in total. The molecule has 0 atom stereocenters. The van der Waals surface area contributed by atoms with E-state index in [1.807, 2.05) is 0 Å². The van der Waals surface area contributed by atoms with Crippen LogP contribution in [0.2, 0.25) is 0 Å². The lowest BCUT2D eigenvalue weighted by atomic mass is 9.90. The summed E-state index contributed by atoms with van der Waals surface area (Å²) in [6.07, 6.45) is 2.53. The van der Waals surface area contributed by atoms with E-state index < -0.39 is 0 Å². The highest BCUT2D eigenvalue weighted by Crippen LogP contribution is 2.51. The van der Waals surface area contributed by atoms with Gasteiger partial charge in [-0.1, -0.05) is 18.2 Å². The second-order valence-corrected chi connectivity index (χ2v) is 9.20. The second-order valence-electron chi connectivity index (χ2n) is 9.20. The molecule has 0 aromatic heterocycles. The predicted octanol–water partition coefficient (Wildman–Crippen LogP) is 6.21. The normalized spacial score (nSPS) is 14.3. The van der Waals surface area contributed by atoms with Crippen molar-refractivity contribution in [2.75, 3.05) is 35.4 Å². The van der Waals surface area contributed by atoms with E-state index in [0.29, 0.717) is 5.92 Å². The summed E-state index contributed by atoms with van der Waals surface area (Å²) in [6.45, 7) is 4.37. The molecule has 0 spiro atoms. The summed E-state index contributed by atoms with van der Waals surface area (Å²) in [5.41, 5.74) is 8.02. The Morgan fingerprint density at radius 2 is 1.41 bits per heavy atom. The molecular weight excluding hydrogens is 358 g/mol. The molecule has 3 aromatic carbocycles. The summed E-state index contributed by atoms with van der Waals surface area (Å²) >= 11 is 0. The number of nitrogens with zero attached hydrogens (tertiary/aromatic N) is 1. The van der Waals surface area contributed by atoms with Gasteiger partial charge in [-0.3, -0.25) is 4.48 Å². The SMILES string of the molecule is COc1cc2c(C3CC3)cc(-c3ccc(C)c(C)c3)c([N+](C)(C)C)c2cc1OC. The lowest BCUT2D eigenvalue weighted by molar-refractivity contribution is 0.356. The first kappa shape index (κ1) is 19.8. The van der Waals surface area contributed by atoms with Crippen LogP contribution in [0, 0.1) is 13.8 Å². The third kappa shape index (κ3) is 3.49. The predicted molar refractivity (Wildman–Crippen MR) is 124 cm³/mol. The van der Waals surface area contributed by atoms with Gasteiger partial charge in [0, 0.05) is 10.9 Å². The average molecular weight is 391 g/mol. The van der Waals surface area contributed by atoms with Gasteiger partial charge in [0.15, 0.2) is 11.5 Å². The Hall–Kier alpha value is -2.52. The number of aryl methyl sites for hydroxylation is 2. The summed E-state index contributed by atoms with van der Waals surface area (Å²) in [5.74, 6) is 2.23. The maximum Gasteiger partial charge on any atom is 0.161 e. The van der Waals surface area contributed by atoms with Crippen molar-refractivity contribution in [2.45, 2.75) is 32.6 Å². The first-order valence-corrected chi connectivity index (χ1v) is 10.4. The number of rotatable bonds is 5. The molecule has 1 aliphatic carbocycles. The average Bonchev–Trinajstić information content (AvgIpc) is 3.51. The molecule has 0 aliphatic heterocycles. The van der Waals surface area contributed by atoms with Gasteiger partial charge >= 0.3 is 0 Å². The van der Waals surface area contributed by atoms with Crippen molar-refractivity contribution >= 4 is 16.5 Å². The summed E-state index contributed by atoms with van der Waals surface area (Å²) in [5, 5.41) is 2.55. The Balaban J connectivity index is 2.13. The van der Waals surface area contributed by atoms with Gasteiger partial charge in [0.1, 0.15) is 5.69 Å². The monoisotopic (exact) mass is 390 g/mol. The van der Waals surface area contributed by atoms with Crippen molar-refractivity contribution in [3.8, 4) is 22.6 Å². The second kappa shape index (κ2) is 7.07. The van der Waals surface area contributed by atoms with Crippen LogP contribution in [-0.2, 0) is 0 Å². The molecule has 0 unspecified atom stereocenters. The molecule has 3 aromatic rings. The Morgan fingerprint density at radius 3 is 1.93 bits per heavy atom. The van der Waals surface area contributed by atoms with Gasteiger partial charge in [-0.2, -0.15) is 0 Å². The molecule has 3 nitrogen and oxygen atoms in total. The van der Waals surface area contributed by atoms with E-state index in [4.69, 9.17) is 9.47 Å². The molecular formula is C26H32NO2+. The number of hydrogen-bond acceptors (Lipinski definition) is 2. The summed E-state index contributed by atoms with van der Waals surface area (Å²) in [4.78, 5) is 0. The molecule has 0 bridgehead atoms. The fourth-order valence-corrected chi connectivity index (χ4v) is 4.34. The van der Waals surface area contributed by atoms with Gasteiger partial charge in [-0.15, -0.1) is 0 Å². The third-order valence-corrected chi connectivity index (χ3v) is 6.15. The van der Waals surface area contributed by atoms with Crippen LogP contribution in [0.3, 0.4) is 0 Å². The van der Waals surface area contributed by atoms with Crippen molar-refractivity contribution < 1.29 is 9.47 Å². The minimum absolute atomic E-state index is 0.641. The van der Waals surface area contributed by atoms with Crippen molar-refractivity contribution in [1.82, 2.24) is 4.48 Å². The molecule has 0 heterocycles. The van der Waals surface area contributed by atoms with Crippen molar-refractivity contribution in [2.24, 2.45) is 0 Å². The maximum absolute atomic E-state index is 5.68. The minimum Gasteiger partial charge on any atom is -0.493 e. The Bertz CT molecular complexity index is 1090. The largest absolute Gasteiger partial charge is 0.493 e. The molecule has 1 fully saturated rings. The highest BCUT2D eigenvalue weighted by Gasteiger charge is 2.31. The van der Waals surface area contributed by atoms with Gasteiger partial charge in [0.2, 0.25) is 0 Å². The first-order valence-electron chi connectivity index (χ1n) is 10.4. The van der Waals surface area contributed by atoms with E-state index in [9.17, 15) is 0 Å². The summed E-state index contributed by atoms with van der Waals surface area (Å²) in [6, 6.07) is 13.6. The number of hydrogen-bond donors (Lipinski definition) is 0. The standard InChI is InChI=1S/C26H32NO2/c1-16-8-9-19(12-17(16)2)21-13-20(18-10-11-18)22-14-24(28-6)25(29-7)15-23(22)26(21)27(3,4)5/h8-9,12-15,18H,10-11H2,1-7H3/q+1. The molecule has 152 valence electrons. The topological polar surface area (TPSA) is 18.5 Å². The molecule has 0 radical (unpaired) electrons. The molecule has 29 heavy (non-hydrogen) atoms. The summed E-state index contributed by atoms with van der Waals surface area (Å²) in [7, 11) is 10.2. The lowest BCUT2D eigenvalue weighted by Crippen LogP contribution is -2.35. The van der Waals surface area contributed by atoms with Crippen LogP contribution >= 0.6 is 0 Å². The van der Waals surface area contributed by atoms with E-state index >= 15 is 0 Å². The Morgan fingerprint density at radius 1 is 0.793 bits per heavy atom. The van der Waals surface area contributed by atoms with Crippen molar-refractivity contribution in [3.63, 3.8) is 0 Å². The highest BCUT2D eigenvalue weighted by atomic mass is 16.5. The fraction of sp³-hybridized carbons (Fsp3) is 0.385. The van der Waals surface area contributed by atoms with E-state index in [1.54, 1.807) is 14.2 Å². The van der Waals surface area contributed by atoms with Gasteiger partial charge in [0.05, 0.1) is 35.4 Å². The molecule has 4 rings (SSSR count). The van der Waals surface area contributed by atoms with Crippen molar-refractivity contribution in [3.05, 3.63) is 53.1 Å². The zero-order valence-corrected chi connectivity index (χ0v) is 18.7. The molecule has 0 saturated heterocycles. The molecule has 1 saturated carbocycles. The summed E-state index contributed by atoms with van der Waals surface area (Å²) < 4.78 is 12.1.